The van der Waals surface area contributed by atoms with Crippen molar-refractivity contribution >= 4 is 35.9 Å². The van der Waals surface area contributed by atoms with Gasteiger partial charge in [-0.25, -0.2) is 41.5 Å². The minimum absolute atomic E-state index is 0.452. The Morgan fingerprint density at radius 1 is 0.609 bits per heavy atom. The molecule has 1 N–H and O–H groups in total. The van der Waals surface area contributed by atoms with Crippen molar-refractivity contribution in [2.45, 2.75) is 50.5 Å². The van der Waals surface area contributed by atoms with E-state index in [4.69, 9.17) is 23.7 Å². The van der Waals surface area contributed by atoms with Crippen LogP contribution in [-0.2, 0) is 52.4 Å². The number of esters is 5. The fourth-order valence-electron chi connectivity index (χ4n) is 3.13. The summed E-state index contributed by atoms with van der Waals surface area (Å²) >= 11 is 0. The van der Waals surface area contributed by atoms with Crippen LogP contribution in [-0.4, -0.2) is 93.0 Å². The standard InChI is InChI=1S/C29H37F4NO12/c1-7-20(35)42-15-26(5,16-43-21(36)8-2)13-24(39)41-12-11-28(30,31)14-29(32,33)19-46-25(40)34-27(6,17-44-22(37)9-3)18-45-23(38)10-4/h7-10H,1-4,11-19H2,5-6H3,(H,34,40). The van der Waals surface area contributed by atoms with Crippen LogP contribution < -0.4 is 5.32 Å². The molecule has 0 heterocycles. The number of alkyl halides is 4. The van der Waals surface area contributed by atoms with Crippen molar-refractivity contribution in [3.63, 3.8) is 0 Å². The van der Waals surface area contributed by atoms with Gasteiger partial charge in [0.15, 0.2) is 6.61 Å². The summed E-state index contributed by atoms with van der Waals surface area (Å²) in [6.45, 7) is 10.4. The number of carbonyl (C=O) groups is 6. The highest BCUT2D eigenvalue weighted by atomic mass is 19.3. The van der Waals surface area contributed by atoms with Crippen LogP contribution in [0, 0.1) is 5.41 Å². The van der Waals surface area contributed by atoms with Crippen LogP contribution in [0.4, 0.5) is 22.4 Å². The van der Waals surface area contributed by atoms with Gasteiger partial charge in [-0.15, -0.1) is 0 Å². The second kappa shape index (κ2) is 19.0. The Labute approximate surface area is 262 Å². The number of nitrogens with one attached hydrogen (secondary N) is 1. The van der Waals surface area contributed by atoms with Gasteiger partial charge in [-0.05, 0) is 6.92 Å². The third kappa shape index (κ3) is 18.2. The summed E-state index contributed by atoms with van der Waals surface area (Å²) in [5.41, 5.74) is -3.03. The molecule has 17 heteroatoms. The van der Waals surface area contributed by atoms with Gasteiger partial charge in [-0.2, -0.15) is 0 Å². The average Bonchev–Trinajstić information content (AvgIpc) is 2.98. The Morgan fingerprint density at radius 2 is 1.02 bits per heavy atom. The molecule has 46 heavy (non-hydrogen) atoms. The molecule has 0 aromatic carbocycles. The van der Waals surface area contributed by atoms with Gasteiger partial charge in [-0.1, -0.05) is 33.2 Å². The lowest BCUT2D eigenvalue weighted by molar-refractivity contribution is -0.161. The lowest BCUT2D eigenvalue weighted by atomic mass is 9.88. The van der Waals surface area contributed by atoms with Gasteiger partial charge in [0.25, 0.3) is 11.8 Å². The fourth-order valence-corrected chi connectivity index (χ4v) is 3.13. The van der Waals surface area contributed by atoms with E-state index in [-0.39, 0.29) is 0 Å². The molecule has 0 rings (SSSR count). The first-order valence-electron chi connectivity index (χ1n) is 13.3. The predicted octanol–water partition coefficient (Wildman–Crippen LogP) is 3.38. The first-order chi connectivity index (χ1) is 21.2. The third-order valence-corrected chi connectivity index (χ3v) is 5.50. The molecule has 0 radical (unpaired) electrons. The van der Waals surface area contributed by atoms with Crippen LogP contribution in [0.3, 0.4) is 0 Å². The summed E-state index contributed by atoms with van der Waals surface area (Å²) in [5.74, 6) is -13.0. The van der Waals surface area contributed by atoms with Crippen molar-refractivity contribution in [1.82, 2.24) is 5.32 Å². The molecule has 0 bridgehead atoms. The van der Waals surface area contributed by atoms with Crippen LogP contribution in [0.1, 0.15) is 33.1 Å². The molecule has 0 fully saturated rings. The molecule has 0 saturated heterocycles. The van der Waals surface area contributed by atoms with Gasteiger partial charge in [0.2, 0.25) is 0 Å². The molecular formula is C29H37F4NO12. The number of hydrogen-bond donors (Lipinski definition) is 1. The Morgan fingerprint density at radius 3 is 1.43 bits per heavy atom. The second-order valence-corrected chi connectivity index (χ2v) is 10.4. The molecule has 13 nitrogen and oxygen atoms in total. The van der Waals surface area contributed by atoms with E-state index in [1.165, 1.54) is 13.8 Å². The van der Waals surface area contributed by atoms with Crippen molar-refractivity contribution in [3.05, 3.63) is 50.6 Å². The maximum Gasteiger partial charge on any atom is 0.408 e. The van der Waals surface area contributed by atoms with E-state index in [0.717, 1.165) is 24.3 Å². The summed E-state index contributed by atoms with van der Waals surface area (Å²) < 4.78 is 85.8. The van der Waals surface area contributed by atoms with Crippen molar-refractivity contribution in [2.24, 2.45) is 5.41 Å². The average molecular weight is 668 g/mol. The largest absolute Gasteiger partial charge is 0.465 e. The van der Waals surface area contributed by atoms with E-state index in [0.29, 0.717) is 0 Å². The van der Waals surface area contributed by atoms with Crippen molar-refractivity contribution in [1.29, 1.82) is 0 Å². The van der Waals surface area contributed by atoms with Crippen LogP contribution >= 0.6 is 0 Å². The van der Waals surface area contributed by atoms with E-state index < -0.39 is 118 Å². The monoisotopic (exact) mass is 667 g/mol. The zero-order valence-electron chi connectivity index (χ0n) is 25.4. The number of hydrogen-bond acceptors (Lipinski definition) is 12. The summed E-state index contributed by atoms with van der Waals surface area (Å²) in [5, 5.41) is 2.06. The van der Waals surface area contributed by atoms with Crippen LogP contribution in [0.25, 0.3) is 0 Å². The van der Waals surface area contributed by atoms with Crippen molar-refractivity contribution < 1.29 is 74.8 Å². The van der Waals surface area contributed by atoms with Crippen molar-refractivity contribution in [2.75, 3.05) is 39.6 Å². The van der Waals surface area contributed by atoms with Crippen molar-refractivity contribution in [3.8, 4) is 0 Å². The molecule has 0 aliphatic rings. The minimum Gasteiger partial charge on any atom is -0.465 e. The topological polar surface area (TPSA) is 170 Å². The number of halogens is 4. The summed E-state index contributed by atoms with van der Waals surface area (Å²) in [7, 11) is 0. The normalized spacial score (nSPS) is 11.6. The van der Waals surface area contributed by atoms with Gasteiger partial charge < -0.3 is 33.7 Å². The highest BCUT2D eigenvalue weighted by Gasteiger charge is 2.45. The number of amides is 1. The molecule has 0 spiro atoms. The van der Waals surface area contributed by atoms with E-state index in [9.17, 15) is 46.3 Å². The lowest BCUT2D eigenvalue weighted by Gasteiger charge is -2.29. The Balaban J connectivity index is 5.09. The summed E-state index contributed by atoms with van der Waals surface area (Å²) in [4.78, 5) is 70.0. The van der Waals surface area contributed by atoms with E-state index >= 15 is 0 Å². The summed E-state index contributed by atoms with van der Waals surface area (Å²) in [6.07, 6.45) is -2.28. The van der Waals surface area contributed by atoms with Gasteiger partial charge in [0.1, 0.15) is 32.0 Å². The Kier molecular flexibility index (Phi) is 17.0. The SMILES string of the molecule is C=CC(=O)OCC(C)(COC(=O)C=C)CC(=O)OCCC(F)(F)CC(F)(F)COC(=O)NC(C)(COC(=O)C=C)COC(=O)C=C. The molecule has 0 aliphatic carbocycles. The number of ether oxygens (including phenoxy) is 6. The second-order valence-electron chi connectivity index (χ2n) is 10.4. The smallest absolute Gasteiger partial charge is 0.408 e. The molecule has 0 aromatic rings. The minimum atomic E-state index is -4.26. The van der Waals surface area contributed by atoms with E-state index in [1.807, 2.05) is 0 Å². The van der Waals surface area contributed by atoms with Crippen LogP contribution in [0.5, 0.6) is 0 Å². The zero-order chi connectivity index (χ0) is 35.6. The Hall–Kier alpha value is -4.70. The molecule has 0 aliphatic heterocycles. The number of rotatable bonds is 22. The highest BCUT2D eigenvalue weighted by Crippen LogP contribution is 2.33. The lowest BCUT2D eigenvalue weighted by Crippen LogP contribution is -2.54. The van der Waals surface area contributed by atoms with E-state index in [1.54, 1.807) is 0 Å². The van der Waals surface area contributed by atoms with Crippen LogP contribution in [0.15, 0.2) is 50.6 Å². The maximum atomic E-state index is 14.3. The first kappa shape index (κ1) is 41.3. The van der Waals surface area contributed by atoms with Gasteiger partial charge in [-0.3, -0.25) is 4.79 Å². The van der Waals surface area contributed by atoms with Gasteiger partial charge >= 0.3 is 35.9 Å². The molecule has 0 aromatic heterocycles. The third-order valence-electron chi connectivity index (χ3n) is 5.50. The quantitative estimate of drug-likeness (QED) is 0.0774. The van der Waals surface area contributed by atoms with E-state index in [2.05, 4.69) is 36.4 Å². The fraction of sp³-hybridized carbons (Fsp3) is 0.517. The van der Waals surface area contributed by atoms with Gasteiger partial charge in [0, 0.05) is 36.1 Å². The molecule has 0 unspecified atom stereocenters. The predicted molar refractivity (Wildman–Crippen MR) is 150 cm³/mol. The van der Waals surface area contributed by atoms with Crippen LogP contribution in [0.2, 0.25) is 0 Å². The zero-order valence-corrected chi connectivity index (χ0v) is 25.4. The highest BCUT2D eigenvalue weighted by molar-refractivity contribution is 5.82. The molecular weight excluding hydrogens is 630 g/mol. The Bertz CT molecular complexity index is 1110. The number of alkyl carbamates (subject to hydrolysis) is 1. The summed E-state index contributed by atoms with van der Waals surface area (Å²) in [6, 6.07) is 0. The maximum absolute atomic E-state index is 14.3. The molecule has 0 saturated carbocycles. The van der Waals surface area contributed by atoms with Gasteiger partial charge in [0.05, 0.1) is 19.4 Å². The molecule has 0 atom stereocenters. The molecule has 258 valence electrons. The first-order valence-corrected chi connectivity index (χ1v) is 13.3. The molecule has 1 amide bonds. The number of carbonyl (C=O) groups excluding carboxylic acids is 6.